The molecule has 1 amide bonds. The summed E-state index contributed by atoms with van der Waals surface area (Å²) < 4.78 is 54.1. The third-order valence-corrected chi connectivity index (χ3v) is 4.70. The number of carbonyl (C=O) groups excluding carboxylic acids is 1. The highest BCUT2D eigenvalue weighted by molar-refractivity contribution is 6.30. The van der Waals surface area contributed by atoms with Gasteiger partial charge in [0.1, 0.15) is 5.82 Å². The lowest BCUT2D eigenvalue weighted by molar-refractivity contribution is -0.257. The fourth-order valence-corrected chi connectivity index (χ4v) is 2.82. The molecule has 1 fully saturated rings. The van der Waals surface area contributed by atoms with Crippen LogP contribution in [0.1, 0.15) is 35.4 Å². The van der Waals surface area contributed by atoms with Crippen LogP contribution in [0.5, 0.6) is 0 Å². The van der Waals surface area contributed by atoms with Crippen molar-refractivity contribution >= 4 is 17.5 Å². The second kappa shape index (κ2) is 7.09. The van der Waals surface area contributed by atoms with Crippen LogP contribution in [0.2, 0.25) is 5.02 Å². The Kier molecular flexibility index (Phi) is 5.14. The second-order valence-electron chi connectivity index (χ2n) is 6.42. The molecule has 0 radical (unpaired) electrons. The molecule has 144 valence electrons. The number of hydrogen-bond donors (Lipinski definition) is 2. The molecule has 0 bridgehead atoms. The quantitative estimate of drug-likeness (QED) is 0.747. The highest BCUT2D eigenvalue weighted by atomic mass is 35.5. The molecule has 9 heteroatoms. The lowest BCUT2D eigenvalue weighted by Gasteiger charge is -2.29. The SMILES string of the molecule is O=C(NCc1cncc(C2CC2)c1)[C@](O)(c1ccc(Cl)c(F)c1)C(F)(F)F. The van der Waals surface area contributed by atoms with Crippen LogP contribution in [-0.4, -0.2) is 22.2 Å². The number of hydrogen-bond acceptors (Lipinski definition) is 3. The van der Waals surface area contributed by atoms with E-state index in [1.165, 1.54) is 6.20 Å². The fourth-order valence-electron chi connectivity index (χ4n) is 2.70. The molecule has 3 rings (SSSR count). The second-order valence-corrected chi connectivity index (χ2v) is 6.83. The molecule has 0 spiro atoms. The average Bonchev–Trinajstić information content (AvgIpc) is 3.45. The van der Waals surface area contributed by atoms with Crippen LogP contribution in [0.15, 0.2) is 36.7 Å². The minimum Gasteiger partial charge on any atom is -0.369 e. The predicted octanol–water partition coefficient (Wildman–Crippen LogP) is 3.82. The monoisotopic (exact) mass is 402 g/mol. The molecule has 1 atom stereocenters. The smallest absolute Gasteiger partial charge is 0.369 e. The first-order valence-corrected chi connectivity index (χ1v) is 8.47. The number of aromatic nitrogens is 1. The zero-order valence-electron chi connectivity index (χ0n) is 13.9. The van der Waals surface area contributed by atoms with Crippen molar-refractivity contribution in [1.82, 2.24) is 10.3 Å². The Morgan fingerprint density at radius 1 is 1.26 bits per heavy atom. The summed E-state index contributed by atoms with van der Waals surface area (Å²) in [6, 6.07) is 3.75. The van der Waals surface area contributed by atoms with Crippen molar-refractivity contribution in [2.45, 2.75) is 37.1 Å². The first kappa shape index (κ1) is 19.6. The molecule has 1 aliphatic rings. The standard InChI is InChI=1S/C18H15ClF4N2O2/c19-14-4-3-13(6-15(14)20)17(27,18(21,22)23)16(26)25-8-10-5-12(9-24-7-10)11-1-2-11/h3-7,9,11,27H,1-2,8H2,(H,25,26)/t17-/m1/s1. The van der Waals surface area contributed by atoms with Gasteiger partial charge in [0, 0.05) is 24.5 Å². The number of aliphatic hydroxyl groups is 1. The normalized spacial score (nSPS) is 16.7. The van der Waals surface area contributed by atoms with Crippen molar-refractivity contribution in [1.29, 1.82) is 0 Å². The maximum Gasteiger partial charge on any atom is 0.430 e. The molecule has 1 saturated carbocycles. The molecule has 0 saturated heterocycles. The highest BCUT2D eigenvalue weighted by Gasteiger charge is 2.60. The Bertz CT molecular complexity index is 871. The fraction of sp³-hybridized carbons (Fsp3) is 0.333. The Labute approximate surface area is 157 Å². The van der Waals surface area contributed by atoms with Crippen LogP contribution in [-0.2, 0) is 16.9 Å². The maximum atomic E-state index is 13.6. The van der Waals surface area contributed by atoms with Gasteiger partial charge in [-0.05, 0) is 42.0 Å². The molecule has 1 heterocycles. The Balaban J connectivity index is 1.83. The lowest BCUT2D eigenvalue weighted by atomic mass is 9.91. The first-order valence-electron chi connectivity index (χ1n) is 8.09. The van der Waals surface area contributed by atoms with Gasteiger partial charge in [0.2, 0.25) is 0 Å². The van der Waals surface area contributed by atoms with Crippen LogP contribution in [0.3, 0.4) is 0 Å². The van der Waals surface area contributed by atoms with Crippen molar-refractivity contribution in [2.24, 2.45) is 0 Å². The molecular formula is C18H15ClF4N2O2. The maximum absolute atomic E-state index is 13.6. The van der Waals surface area contributed by atoms with Gasteiger partial charge in [-0.25, -0.2) is 4.39 Å². The Morgan fingerprint density at radius 3 is 2.56 bits per heavy atom. The van der Waals surface area contributed by atoms with Crippen molar-refractivity contribution in [3.63, 3.8) is 0 Å². The van der Waals surface area contributed by atoms with Crippen LogP contribution in [0.4, 0.5) is 17.6 Å². The molecule has 0 unspecified atom stereocenters. The van der Waals surface area contributed by atoms with E-state index in [1.54, 1.807) is 12.3 Å². The van der Waals surface area contributed by atoms with E-state index in [4.69, 9.17) is 11.6 Å². The van der Waals surface area contributed by atoms with E-state index in [2.05, 4.69) is 10.3 Å². The Hall–Kier alpha value is -2.19. The van der Waals surface area contributed by atoms with E-state index in [9.17, 15) is 27.5 Å². The molecular weight excluding hydrogens is 388 g/mol. The third-order valence-electron chi connectivity index (χ3n) is 4.39. The summed E-state index contributed by atoms with van der Waals surface area (Å²) in [5.74, 6) is -2.50. The molecule has 0 aliphatic heterocycles. The van der Waals surface area contributed by atoms with Gasteiger partial charge >= 0.3 is 6.18 Å². The number of nitrogens with one attached hydrogen (secondary N) is 1. The van der Waals surface area contributed by atoms with Gasteiger partial charge in [-0.2, -0.15) is 13.2 Å². The van der Waals surface area contributed by atoms with E-state index in [0.717, 1.165) is 30.5 Å². The topological polar surface area (TPSA) is 62.2 Å². The zero-order chi connectivity index (χ0) is 19.8. The first-order chi connectivity index (χ1) is 12.6. The summed E-state index contributed by atoms with van der Waals surface area (Å²) in [4.78, 5) is 16.3. The van der Waals surface area contributed by atoms with Gasteiger partial charge in [-0.15, -0.1) is 0 Å². The molecule has 2 aromatic rings. The van der Waals surface area contributed by atoms with Gasteiger partial charge in [-0.1, -0.05) is 23.7 Å². The summed E-state index contributed by atoms with van der Waals surface area (Å²) in [6.07, 6.45) is -0.237. The van der Waals surface area contributed by atoms with Crippen molar-refractivity contribution in [3.8, 4) is 0 Å². The minimum absolute atomic E-state index is 0.263. The number of benzene rings is 1. The molecule has 1 aliphatic carbocycles. The van der Waals surface area contributed by atoms with E-state index in [1.807, 2.05) is 0 Å². The summed E-state index contributed by atoms with van der Waals surface area (Å²) >= 11 is 5.47. The number of amides is 1. The number of pyridine rings is 1. The lowest BCUT2D eigenvalue weighted by Crippen LogP contribution is -2.54. The third kappa shape index (κ3) is 3.91. The minimum atomic E-state index is -5.37. The average molecular weight is 403 g/mol. The number of carbonyl (C=O) groups is 1. The molecule has 2 N–H and O–H groups in total. The largest absolute Gasteiger partial charge is 0.430 e. The van der Waals surface area contributed by atoms with Gasteiger partial charge in [0.15, 0.2) is 0 Å². The summed E-state index contributed by atoms with van der Waals surface area (Å²) in [5, 5.41) is 11.8. The van der Waals surface area contributed by atoms with Gasteiger partial charge in [0.25, 0.3) is 11.5 Å². The number of rotatable bonds is 5. The summed E-state index contributed by atoms with van der Waals surface area (Å²) in [7, 11) is 0. The van der Waals surface area contributed by atoms with E-state index in [-0.39, 0.29) is 6.54 Å². The van der Waals surface area contributed by atoms with Crippen molar-refractivity contribution in [2.75, 3.05) is 0 Å². The van der Waals surface area contributed by atoms with Crippen molar-refractivity contribution in [3.05, 3.63) is 64.2 Å². The van der Waals surface area contributed by atoms with Crippen LogP contribution >= 0.6 is 11.6 Å². The van der Waals surface area contributed by atoms with Crippen LogP contribution in [0, 0.1) is 5.82 Å². The van der Waals surface area contributed by atoms with E-state index < -0.39 is 34.1 Å². The zero-order valence-corrected chi connectivity index (χ0v) is 14.6. The van der Waals surface area contributed by atoms with Crippen molar-refractivity contribution < 1.29 is 27.5 Å². The summed E-state index contributed by atoms with van der Waals surface area (Å²) in [6.45, 7) is -0.263. The van der Waals surface area contributed by atoms with Gasteiger partial charge in [0.05, 0.1) is 5.02 Å². The van der Waals surface area contributed by atoms with Crippen LogP contribution in [0.25, 0.3) is 0 Å². The van der Waals surface area contributed by atoms with Gasteiger partial charge in [-0.3, -0.25) is 9.78 Å². The van der Waals surface area contributed by atoms with Gasteiger partial charge < -0.3 is 10.4 Å². The number of nitrogens with zero attached hydrogens (tertiary/aromatic N) is 1. The molecule has 4 nitrogen and oxygen atoms in total. The number of halogens is 5. The Morgan fingerprint density at radius 2 is 1.96 bits per heavy atom. The molecule has 1 aromatic carbocycles. The highest BCUT2D eigenvalue weighted by Crippen LogP contribution is 2.41. The van der Waals surface area contributed by atoms with E-state index >= 15 is 0 Å². The van der Waals surface area contributed by atoms with E-state index in [0.29, 0.717) is 17.5 Å². The molecule has 1 aromatic heterocycles. The van der Waals surface area contributed by atoms with Crippen LogP contribution < -0.4 is 5.32 Å². The molecule has 27 heavy (non-hydrogen) atoms. The number of alkyl halides is 3. The summed E-state index contributed by atoms with van der Waals surface area (Å²) in [5.41, 5.74) is -3.42. The predicted molar refractivity (Wildman–Crippen MR) is 89.4 cm³/mol.